The highest BCUT2D eigenvalue weighted by atomic mass is 16.5. The van der Waals surface area contributed by atoms with Crippen molar-refractivity contribution in [1.29, 1.82) is 5.26 Å². The Labute approximate surface area is 162 Å². The summed E-state index contributed by atoms with van der Waals surface area (Å²) >= 11 is 0. The number of rotatable bonds is 4. The van der Waals surface area contributed by atoms with Gasteiger partial charge in [-0.3, -0.25) is 0 Å². The van der Waals surface area contributed by atoms with Crippen molar-refractivity contribution >= 4 is 0 Å². The van der Waals surface area contributed by atoms with Crippen LogP contribution < -0.4 is 0 Å². The zero-order chi connectivity index (χ0) is 18.9. The zero-order valence-electron chi connectivity index (χ0n) is 16.3. The molecule has 2 aliphatic heterocycles. The maximum Gasteiger partial charge on any atom is 0.113 e. The van der Waals surface area contributed by atoms with E-state index < -0.39 is 5.41 Å². The van der Waals surface area contributed by atoms with E-state index in [4.69, 9.17) is 4.74 Å². The molecule has 2 aromatic carbocycles. The number of benzene rings is 2. The summed E-state index contributed by atoms with van der Waals surface area (Å²) in [6.45, 7) is 1.69. The highest BCUT2D eigenvalue weighted by Crippen LogP contribution is 2.44. The smallest absolute Gasteiger partial charge is 0.113 e. The van der Waals surface area contributed by atoms with E-state index in [0.717, 1.165) is 48.1 Å². The van der Waals surface area contributed by atoms with Gasteiger partial charge in [-0.25, -0.2) is 0 Å². The first-order valence-corrected chi connectivity index (χ1v) is 9.99. The molecule has 0 saturated carbocycles. The molecule has 2 bridgehead atoms. The third kappa shape index (κ3) is 3.18. The van der Waals surface area contributed by atoms with Crippen LogP contribution in [-0.4, -0.2) is 43.9 Å². The predicted molar refractivity (Wildman–Crippen MR) is 107 cm³/mol. The highest BCUT2D eigenvalue weighted by molar-refractivity contribution is 5.45. The minimum atomic E-state index is -0.586. The van der Waals surface area contributed by atoms with Gasteiger partial charge in [0.2, 0.25) is 0 Å². The van der Waals surface area contributed by atoms with Crippen molar-refractivity contribution in [1.82, 2.24) is 0 Å². The summed E-state index contributed by atoms with van der Waals surface area (Å²) in [5, 5.41) is 10.4. The highest BCUT2D eigenvalue weighted by Gasteiger charge is 2.49. The maximum absolute atomic E-state index is 10.4. The Morgan fingerprint density at radius 1 is 0.926 bits per heavy atom. The van der Waals surface area contributed by atoms with Gasteiger partial charge < -0.3 is 9.22 Å². The van der Waals surface area contributed by atoms with Crippen LogP contribution in [0.2, 0.25) is 0 Å². The maximum atomic E-state index is 10.4. The fraction of sp³-hybridized carbons (Fsp3) is 0.458. The number of quaternary nitrogens is 1. The largest absolute Gasteiger partial charge is 0.369 e. The molecule has 0 amide bonds. The van der Waals surface area contributed by atoms with Gasteiger partial charge in [0.1, 0.15) is 17.5 Å². The molecule has 0 N–H and O–H groups in total. The molecule has 1 unspecified atom stereocenters. The van der Waals surface area contributed by atoms with Crippen molar-refractivity contribution < 1.29 is 9.22 Å². The molecule has 0 aromatic heterocycles. The SMILES string of the molecule is C[N+]1(C)[C@@H]2COC[C@H]1CC(CC(C#N)(c1ccccc1)c1ccccc1)C2. The molecule has 140 valence electrons. The molecule has 2 fully saturated rings. The van der Waals surface area contributed by atoms with Crippen LogP contribution in [0.4, 0.5) is 0 Å². The summed E-state index contributed by atoms with van der Waals surface area (Å²) in [6.07, 6.45) is 3.14. The number of nitriles is 1. The summed E-state index contributed by atoms with van der Waals surface area (Å²) in [5.41, 5.74) is 1.63. The Morgan fingerprint density at radius 2 is 1.41 bits per heavy atom. The van der Waals surface area contributed by atoms with Crippen molar-refractivity contribution in [2.75, 3.05) is 27.3 Å². The number of likely N-dealkylation sites (N-methyl/N-ethyl adjacent to an activating group) is 1. The van der Waals surface area contributed by atoms with Crippen molar-refractivity contribution in [3.63, 3.8) is 0 Å². The van der Waals surface area contributed by atoms with E-state index in [1.54, 1.807) is 0 Å². The van der Waals surface area contributed by atoms with Crippen LogP contribution in [0, 0.1) is 17.2 Å². The Bertz CT molecular complexity index is 754. The van der Waals surface area contributed by atoms with Crippen LogP contribution in [0.15, 0.2) is 60.7 Å². The summed E-state index contributed by atoms with van der Waals surface area (Å²) in [4.78, 5) is 0. The molecule has 3 atom stereocenters. The minimum Gasteiger partial charge on any atom is -0.369 e. The van der Waals surface area contributed by atoms with E-state index in [2.05, 4.69) is 44.4 Å². The number of nitrogens with zero attached hydrogens (tertiary/aromatic N) is 2. The molecule has 0 aliphatic carbocycles. The lowest BCUT2D eigenvalue weighted by Gasteiger charge is -2.53. The molecule has 2 saturated heterocycles. The first-order chi connectivity index (χ1) is 13.1. The molecule has 27 heavy (non-hydrogen) atoms. The molecule has 3 heteroatoms. The number of ether oxygens (including phenoxy) is 1. The van der Waals surface area contributed by atoms with Gasteiger partial charge in [-0.1, -0.05) is 60.7 Å². The first kappa shape index (κ1) is 18.2. The van der Waals surface area contributed by atoms with Gasteiger partial charge in [-0.2, -0.15) is 5.26 Å². The van der Waals surface area contributed by atoms with E-state index in [1.165, 1.54) is 0 Å². The second-order valence-electron chi connectivity index (χ2n) is 8.76. The normalized spacial score (nSPS) is 26.9. The van der Waals surface area contributed by atoms with Crippen LogP contribution >= 0.6 is 0 Å². The predicted octanol–water partition coefficient (Wildman–Crippen LogP) is 4.14. The lowest BCUT2D eigenvalue weighted by atomic mass is 9.67. The van der Waals surface area contributed by atoms with E-state index in [0.29, 0.717) is 18.0 Å². The van der Waals surface area contributed by atoms with Crippen molar-refractivity contribution in [2.24, 2.45) is 5.92 Å². The monoisotopic (exact) mass is 361 g/mol. The third-order valence-electron chi connectivity index (χ3n) is 7.03. The van der Waals surface area contributed by atoms with Crippen LogP contribution in [-0.2, 0) is 10.2 Å². The lowest BCUT2D eigenvalue weighted by Crippen LogP contribution is -2.66. The Morgan fingerprint density at radius 3 is 1.85 bits per heavy atom. The second-order valence-corrected chi connectivity index (χ2v) is 8.76. The number of hydrogen-bond acceptors (Lipinski definition) is 2. The van der Waals surface area contributed by atoms with Crippen LogP contribution in [0.3, 0.4) is 0 Å². The summed E-state index contributed by atoms with van der Waals surface area (Å²) in [6, 6.07) is 24.5. The van der Waals surface area contributed by atoms with Crippen LogP contribution in [0.25, 0.3) is 0 Å². The average molecular weight is 362 g/mol. The van der Waals surface area contributed by atoms with Gasteiger partial charge in [-0.05, 0) is 23.5 Å². The Hall–Kier alpha value is -2.15. The van der Waals surface area contributed by atoms with Crippen LogP contribution in [0.5, 0.6) is 0 Å². The second kappa shape index (κ2) is 7.11. The number of fused-ring (bicyclic) bond motifs is 2. The fourth-order valence-corrected chi connectivity index (χ4v) is 5.19. The molecule has 0 spiro atoms. The van der Waals surface area contributed by atoms with Crippen molar-refractivity contribution in [3.8, 4) is 6.07 Å². The molecule has 0 radical (unpaired) electrons. The molecule has 2 aliphatic rings. The van der Waals surface area contributed by atoms with Gasteiger partial charge in [-0.15, -0.1) is 0 Å². The van der Waals surface area contributed by atoms with Crippen molar-refractivity contribution in [3.05, 3.63) is 71.8 Å². The molecule has 2 heterocycles. The van der Waals surface area contributed by atoms with Gasteiger partial charge in [0.15, 0.2) is 0 Å². The standard InChI is InChI=1S/C24H29N2O/c1-26(2)22-13-19(14-23(26)17-27-16-22)15-24(18-25,20-9-5-3-6-10-20)21-11-7-4-8-12-21/h3-12,19,22-23H,13-17H2,1-2H3/q+1/t19?,22-,23+. The van der Waals surface area contributed by atoms with Crippen molar-refractivity contribution in [2.45, 2.75) is 36.8 Å². The van der Waals surface area contributed by atoms with Gasteiger partial charge in [0.25, 0.3) is 0 Å². The molecular formula is C24H29N2O+. The first-order valence-electron chi connectivity index (χ1n) is 9.99. The van der Waals surface area contributed by atoms with Gasteiger partial charge in [0.05, 0.1) is 33.4 Å². The number of piperidine rings is 1. The molecule has 3 nitrogen and oxygen atoms in total. The topological polar surface area (TPSA) is 33.0 Å². The van der Waals surface area contributed by atoms with E-state index >= 15 is 0 Å². The summed E-state index contributed by atoms with van der Waals surface area (Å²) in [7, 11) is 4.69. The summed E-state index contributed by atoms with van der Waals surface area (Å²) in [5.74, 6) is 0.537. The van der Waals surface area contributed by atoms with E-state index in [-0.39, 0.29) is 0 Å². The Balaban J connectivity index is 1.70. The zero-order valence-corrected chi connectivity index (χ0v) is 16.3. The van der Waals surface area contributed by atoms with E-state index in [1.807, 2.05) is 36.4 Å². The van der Waals surface area contributed by atoms with Crippen LogP contribution in [0.1, 0.15) is 30.4 Å². The number of morpholine rings is 1. The molecule has 2 aromatic rings. The van der Waals surface area contributed by atoms with E-state index in [9.17, 15) is 5.26 Å². The van der Waals surface area contributed by atoms with Gasteiger partial charge >= 0.3 is 0 Å². The Kier molecular flexibility index (Phi) is 4.80. The number of hydrogen-bond donors (Lipinski definition) is 0. The third-order valence-corrected chi connectivity index (χ3v) is 7.03. The quantitative estimate of drug-likeness (QED) is 0.767. The lowest BCUT2D eigenvalue weighted by molar-refractivity contribution is -0.953. The minimum absolute atomic E-state index is 0.533. The molecule has 4 rings (SSSR count). The molecular weight excluding hydrogens is 332 g/mol. The van der Waals surface area contributed by atoms with Gasteiger partial charge in [0, 0.05) is 12.8 Å². The summed E-state index contributed by atoms with van der Waals surface area (Å²) < 4.78 is 6.93. The fourth-order valence-electron chi connectivity index (χ4n) is 5.19. The average Bonchev–Trinajstić information content (AvgIpc) is 2.68.